The van der Waals surface area contributed by atoms with Gasteiger partial charge in [0.15, 0.2) is 0 Å². The molecule has 0 saturated heterocycles. The molecular formula is C15H21NO3. The molecule has 0 aromatic heterocycles. The Morgan fingerprint density at radius 2 is 2.26 bits per heavy atom. The van der Waals surface area contributed by atoms with Crippen LogP contribution in [0.15, 0.2) is 24.3 Å². The standard InChI is InChI=1S/C15H21NO3/c1-18-15(17)7-9-16-8-6-12-10-13-4-2-3-5-14(13)19-11-12/h2-5,12,16H,6-11H2,1H3. The van der Waals surface area contributed by atoms with E-state index >= 15 is 0 Å². The molecule has 1 atom stereocenters. The molecule has 0 amide bonds. The molecule has 2 rings (SSSR count). The number of hydrogen-bond donors (Lipinski definition) is 1. The Hall–Kier alpha value is -1.55. The molecule has 4 nitrogen and oxygen atoms in total. The SMILES string of the molecule is COC(=O)CCNCCC1COc2ccccc2C1. The number of ether oxygens (including phenoxy) is 2. The van der Waals surface area contributed by atoms with Gasteiger partial charge in [0.2, 0.25) is 0 Å². The number of fused-ring (bicyclic) bond motifs is 1. The molecular weight excluding hydrogens is 242 g/mol. The second-order valence-corrected chi connectivity index (χ2v) is 4.85. The van der Waals surface area contributed by atoms with Crippen molar-refractivity contribution < 1.29 is 14.3 Å². The number of carbonyl (C=O) groups excluding carboxylic acids is 1. The molecule has 1 N–H and O–H groups in total. The van der Waals surface area contributed by atoms with Gasteiger partial charge in [-0.1, -0.05) is 18.2 Å². The number of nitrogens with one attached hydrogen (secondary N) is 1. The Morgan fingerprint density at radius 3 is 3.11 bits per heavy atom. The maximum atomic E-state index is 10.9. The minimum atomic E-state index is -0.164. The molecule has 0 saturated carbocycles. The van der Waals surface area contributed by atoms with E-state index in [0.717, 1.165) is 31.7 Å². The van der Waals surface area contributed by atoms with Crippen molar-refractivity contribution in [2.45, 2.75) is 19.3 Å². The molecule has 4 heteroatoms. The van der Waals surface area contributed by atoms with Gasteiger partial charge in [0, 0.05) is 6.54 Å². The summed E-state index contributed by atoms with van der Waals surface area (Å²) >= 11 is 0. The van der Waals surface area contributed by atoms with Crippen molar-refractivity contribution in [2.24, 2.45) is 5.92 Å². The summed E-state index contributed by atoms with van der Waals surface area (Å²) in [6, 6.07) is 8.22. The number of benzene rings is 1. The number of rotatable bonds is 6. The van der Waals surface area contributed by atoms with E-state index in [-0.39, 0.29) is 5.97 Å². The third kappa shape index (κ3) is 4.24. The van der Waals surface area contributed by atoms with E-state index in [1.807, 2.05) is 12.1 Å². The summed E-state index contributed by atoms with van der Waals surface area (Å²) in [7, 11) is 1.42. The van der Waals surface area contributed by atoms with Crippen LogP contribution < -0.4 is 10.1 Å². The van der Waals surface area contributed by atoms with Crippen molar-refractivity contribution in [3.63, 3.8) is 0 Å². The Morgan fingerprint density at radius 1 is 1.42 bits per heavy atom. The fourth-order valence-electron chi connectivity index (χ4n) is 2.30. The van der Waals surface area contributed by atoms with Gasteiger partial charge in [-0.15, -0.1) is 0 Å². The van der Waals surface area contributed by atoms with E-state index < -0.39 is 0 Å². The summed E-state index contributed by atoms with van der Waals surface area (Å²) in [4.78, 5) is 10.9. The Kier molecular flexibility index (Phi) is 5.21. The largest absolute Gasteiger partial charge is 0.493 e. The number of methoxy groups -OCH3 is 1. The Labute approximate surface area is 114 Å². The molecule has 0 aliphatic carbocycles. The quantitative estimate of drug-likeness (QED) is 0.628. The number of carbonyl (C=O) groups is 1. The molecule has 1 aliphatic rings. The Bertz CT molecular complexity index is 420. The average molecular weight is 263 g/mol. The first-order valence-corrected chi connectivity index (χ1v) is 6.78. The lowest BCUT2D eigenvalue weighted by molar-refractivity contribution is -0.140. The van der Waals surface area contributed by atoms with E-state index in [9.17, 15) is 4.79 Å². The summed E-state index contributed by atoms with van der Waals surface area (Å²) in [5.74, 6) is 1.42. The van der Waals surface area contributed by atoms with Crippen LogP contribution >= 0.6 is 0 Å². The van der Waals surface area contributed by atoms with Crippen LogP contribution in [-0.4, -0.2) is 32.8 Å². The van der Waals surface area contributed by atoms with Crippen LogP contribution in [0.5, 0.6) is 5.75 Å². The summed E-state index contributed by atoms with van der Waals surface area (Å²) < 4.78 is 10.3. The van der Waals surface area contributed by atoms with Gasteiger partial charge in [0.1, 0.15) is 5.75 Å². The summed E-state index contributed by atoms with van der Waals surface area (Å²) in [6.45, 7) is 2.37. The van der Waals surface area contributed by atoms with Crippen molar-refractivity contribution in [1.82, 2.24) is 5.32 Å². The van der Waals surface area contributed by atoms with Crippen LogP contribution in [0, 0.1) is 5.92 Å². The molecule has 1 unspecified atom stereocenters. The van der Waals surface area contributed by atoms with Crippen LogP contribution in [0.25, 0.3) is 0 Å². The zero-order valence-corrected chi connectivity index (χ0v) is 11.4. The van der Waals surface area contributed by atoms with E-state index in [4.69, 9.17) is 4.74 Å². The second kappa shape index (κ2) is 7.14. The van der Waals surface area contributed by atoms with E-state index in [0.29, 0.717) is 18.9 Å². The highest BCUT2D eigenvalue weighted by Crippen LogP contribution is 2.27. The third-order valence-corrected chi connectivity index (χ3v) is 3.42. The first kappa shape index (κ1) is 13.9. The molecule has 1 aromatic rings. The minimum Gasteiger partial charge on any atom is -0.493 e. The normalized spacial score (nSPS) is 17.4. The van der Waals surface area contributed by atoms with Gasteiger partial charge in [-0.05, 0) is 36.9 Å². The predicted octanol–water partition coefficient (Wildman–Crippen LogP) is 1.78. The zero-order valence-electron chi connectivity index (χ0n) is 11.4. The summed E-state index contributed by atoms with van der Waals surface area (Å²) in [6.07, 6.45) is 2.57. The topological polar surface area (TPSA) is 47.6 Å². The predicted molar refractivity (Wildman–Crippen MR) is 73.3 cm³/mol. The second-order valence-electron chi connectivity index (χ2n) is 4.85. The summed E-state index contributed by atoms with van der Waals surface area (Å²) in [5, 5.41) is 3.27. The van der Waals surface area contributed by atoms with Crippen LogP contribution in [0.3, 0.4) is 0 Å². The smallest absolute Gasteiger partial charge is 0.306 e. The van der Waals surface area contributed by atoms with Crippen molar-refractivity contribution >= 4 is 5.97 Å². The maximum Gasteiger partial charge on any atom is 0.306 e. The first-order chi connectivity index (χ1) is 9.29. The average Bonchev–Trinajstić information content (AvgIpc) is 2.46. The highest BCUT2D eigenvalue weighted by atomic mass is 16.5. The third-order valence-electron chi connectivity index (χ3n) is 3.42. The van der Waals surface area contributed by atoms with Crippen molar-refractivity contribution in [3.05, 3.63) is 29.8 Å². The van der Waals surface area contributed by atoms with Gasteiger partial charge in [-0.3, -0.25) is 4.79 Å². The lowest BCUT2D eigenvalue weighted by Gasteiger charge is -2.25. The summed E-state index contributed by atoms with van der Waals surface area (Å²) in [5.41, 5.74) is 1.30. The van der Waals surface area contributed by atoms with Crippen molar-refractivity contribution in [3.8, 4) is 5.75 Å². The molecule has 1 aromatic carbocycles. The van der Waals surface area contributed by atoms with Gasteiger partial charge < -0.3 is 14.8 Å². The zero-order chi connectivity index (χ0) is 13.5. The maximum absolute atomic E-state index is 10.9. The van der Waals surface area contributed by atoms with Crippen LogP contribution in [0.2, 0.25) is 0 Å². The lowest BCUT2D eigenvalue weighted by atomic mass is 9.94. The molecule has 1 heterocycles. The van der Waals surface area contributed by atoms with Crippen molar-refractivity contribution in [1.29, 1.82) is 0 Å². The minimum absolute atomic E-state index is 0.164. The van der Waals surface area contributed by atoms with E-state index in [1.165, 1.54) is 12.7 Å². The lowest BCUT2D eigenvalue weighted by Crippen LogP contribution is -2.27. The van der Waals surface area contributed by atoms with E-state index in [1.54, 1.807) is 0 Å². The molecule has 1 aliphatic heterocycles. The van der Waals surface area contributed by atoms with Crippen molar-refractivity contribution in [2.75, 3.05) is 26.8 Å². The van der Waals surface area contributed by atoms with Crippen LogP contribution in [0.4, 0.5) is 0 Å². The molecule has 0 fully saturated rings. The van der Waals surface area contributed by atoms with Gasteiger partial charge in [-0.2, -0.15) is 0 Å². The fraction of sp³-hybridized carbons (Fsp3) is 0.533. The first-order valence-electron chi connectivity index (χ1n) is 6.78. The fourth-order valence-corrected chi connectivity index (χ4v) is 2.30. The molecule has 19 heavy (non-hydrogen) atoms. The monoisotopic (exact) mass is 263 g/mol. The highest BCUT2D eigenvalue weighted by Gasteiger charge is 2.18. The highest BCUT2D eigenvalue weighted by molar-refractivity contribution is 5.69. The molecule has 0 spiro atoms. The number of hydrogen-bond acceptors (Lipinski definition) is 4. The Balaban J connectivity index is 1.64. The van der Waals surface area contributed by atoms with Crippen LogP contribution in [-0.2, 0) is 16.0 Å². The van der Waals surface area contributed by atoms with Gasteiger partial charge in [0.25, 0.3) is 0 Å². The number of para-hydroxylation sites is 1. The number of esters is 1. The van der Waals surface area contributed by atoms with Gasteiger partial charge in [-0.25, -0.2) is 0 Å². The molecule has 0 bridgehead atoms. The molecule has 0 radical (unpaired) electrons. The van der Waals surface area contributed by atoms with E-state index in [2.05, 4.69) is 22.2 Å². The van der Waals surface area contributed by atoms with Gasteiger partial charge >= 0.3 is 5.97 Å². The molecule has 104 valence electrons. The van der Waals surface area contributed by atoms with Gasteiger partial charge in [0.05, 0.1) is 20.1 Å². The van der Waals surface area contributed by atoms with Crippen LogP contribution in [0.1, 0.15) is 18.4 Å².